The number of hydrogen-bond acceptors (Lipinski definition) is 14. The number of benzene rings is 1. The Bertz CT molecular complexity index is 2670. The number of fused-ring (bicyclic) bond motifs is 2. The summed E-state index contributed by atoms with van der Waals surface area (Å²) in [5, 5.41) is 13.8. The number of nitrogens with zero attached hydrogens (tertiary/aromatic N) is 11. The Hall–Kier alpha value is -6.19. The maximum atomic E-state index is 12.9. The van der Waals surface area contributed by atoms with Gasteiger partial charge in [-0.25, -0.2) is 43.9 Å². The molecule has 65 heavy (non-hydrogen) atoms. The molecular weight excluding hydrogens is 943 g/mol. The maximum absolute atomic E-state index is 12.9. The topological polar surface area (TPSA) is 240 Å². The molecule has 0 aliphatic carbocycles. The average Bonchev–Trinajstić information content (AvgIpc) is 3.83. The highest BCUT2D eigenvalue weighted by atomic mass is 127. The van der Waals surface area contributed by atoms with Crippen LogP contribution in [0.15, 0.2) is 55.2 Å². The van der Waals surface area contributed by atoms with Crippen molar-refractivity contribution in [2.75, 3.05) is 43.0 Å². The van der Waals surface area contributed by atoms with Gasteiger partial charge in [-0.15, -0.1) is 0 Å². The van der Waals surface area contributed by atoms with Crippen LogP contribution >= 0.6 is 22.6 Å². The molecule has 2 atom stereocenters. The van der Waals surface area contributed by atoms with Gasteiger partial charge < -0.3 is 36.1 Å². The number of anilines is 3. The first-order valence-electron chi connectivity index (χ1n) is 21.8. The van der Waals surface area contributed by atoms with E-state index in [0.29, 0.717) is 71.6 Å². The SMILES string of the molecule is CC(C)(C)OC(=O)N1CCC[C@@H](n2nc(I)c3c(N)ncnc32)C1.CCCc1ccnc(NC(=O)c2ccc(-c3nn([C@@H]4CCCN(C(=O)OC(C)(C)C)C4)c4ncnc(N)c34)cc2)c1. The van der Waals surface area contributed by atoms with E-state index in [0.717, 1.165) is 58.7 Å². The molecule has 344 valence electrons. The van der Waals surface area contributed by atoms with Crippen molar-refractivity contribution in [2.24, 2.45) is 0 Å². The molecule has 2 saturated heterocycles. The molecule has 1 aromatic carbocycles. The number of nitrogens with one attached hydrogen (secondary N) is 1. The number of piperidine rings is 2. The van der Waals surface area contributed by atoms with Gasteiger partial charge in [-0.05, 0) is 126 Å². The number of carbonyl (C=O) groups is 3. The fraction of sp³-hybridized carbons (Fsp3) is 0.467. The van der Waals surface area contributed by atoms with E-state index in [9.17, 15) is 14.4 Å². The summed E-state index contributed by atoms with van der Waals surface area (Å²) in [5.74, 6) is 1.01. The standard InChI is InChI=1S/C30H36N8O3.C15H21IN6O2/c1-5-7-19-13-14-32-23(16-19)35-28(39)21-11-9-20(10-12-21)25-24-26(31)33-18-34-27(24)38(36-25)22-8-6-15-37(17-22)29(40)41-30(2,3)4;1-15(2,3)24-14(23)21-6-4-5-9(7-21)22-13-10(11(16)20-22)12(17)18-8-19-13/h9-14,16,18,22H,5-8,15,17H2,1-4H3,(H2,31,33,34)(H,32,35,39);8-9H,4-7H2,1-3H3,(H2,17,18,19)/t22-;9-/m11/s1. The van der Waals surface area contributed by atoms with Gasteiger partial charge in [0.05, 0.1) is 22.9 Å². The van der Waals surface area contributed by atoms with Crippen molar-refractivity contribution in [3.8, 4) is 11.3 Å². The Labute approximate surface area is 391 Å². The highest BCUT2D eigenvalue weighted by molar-refractivity contribution is 14.1. The molecule has 0 unspecified atom stereocenters. The van der Waals surface area contributed by atoms with Crippen molar-refractivity contribution < 1.29 is 23.9 Å². The van der Waals surface area contributed by atoms with Crippen LogP contribution in [0.2, 0.25) is 0 Å². The number of rotatable bonds is 7. The van der Waals surface area contributed by atoms with Gasteiger partial charge in [0.15, 0.2) is 11.3 Å². The molecule has 20 heteroatoms. The Morgan fingerprint density at radius 2 is 1.29 bits per heavy atom. The number of nitrogens with two attached hydrogens (primary N) is 2. The molecule has 19 nitrogen and oxygen atoms in total. The number of halogens is 1. The van der Waals surface area contributed by atoms with Crippen molar-refractivity contribution in [1.82, 2.24) is 54.3 Å². The average molecular weight is 1000 g/mol. The summed E-state index contributed by atoms with van der Waals surface area (Å²) in [6.45, 7) is 15.6. The lowest BCUT2D eigenvalue weighted by Crippen LogP contribution is -2.43. The number of aryl methyl sites for hydroxylation is 1. The zero-order valence-corrected chi connectivity index (χ0v) is 40.1. The number of nitrogen functional groups attached to an aromatic ring is 2. The molecule has 2 fully saturated rings. The lowest BCUT2D eigenvalue weighted by atomic mass is 10.1. The first-order valence-corrected chi connectivity index (χ1v) is 22.9. The molecule has 6 aromatic rings. The number of amides is 3. The van der Waals surface area contributed by atoms with Crippen LogP contribution in [0.4, 0.5) is 27.0 Å². The normalized spacial score (nSPS) is 16.8. The van der Waals surface area contributed by atoms with E-state index in [-0.39, 0.29) is 30.2 Å². The lowest BCUT2D eigenvalue weighted by Gasteiger charge is -2.34. The van der Waals surface area contributed by atoms with Crippen molar-refractivity contribution >= 4 is 80.2 Å². The van der Waals surface area contributed by atoms with E-state index in [1.165, 1.54) is 12.7 Å². The summed E-state index contributed by atoms with van der Waals surface area (Å²) in [5.41, 5.74) is 15.5. The first-order chi connectivity index (χ1) is 30.9. The van der Waals surface area contributed by atoms with Crippen molar-refractivity contribution in [2.45, 2.75) is 110 Å². The minimum atomic E-state index is -0.573. The second-order valence-corrected chi connectivity index (χ2v) is 19.2. The Morgan fingerprint density at radius 1 is 0.754 bits per heavy atom. The molecule has 7 heterocycles. The number of pyridine rings is 1. The second-order valence-electron chi connectivity index (χ2n) is 18.2. The van der Waals surface area contributed by atoms with Crippen molar-refractivity contribution in [1.29, 1.82) is 0 Å². The Kier molecular flexibility index (Phi) is 14.0. The summed E-state index contributed by atoms with van der Waals surface area (Å²) >= 11 is 2.14. The third-order valence-electron chi connectivity index (χ3n) is 10.8. The van der Waals surface area contributed by atoms with Crippen LogP contribution in [0.1, 0.15) is 109 Å². The predicted molar refractivity (Wildman–Crippen MR) is 256 cm³/mol. The monoisotopic (exact) mass is 1000 g/mol. The summed E-state index contributed by atoms with van der Waals surface area (Å²) in [6.07, 6.45) is 9.34. The van der Waals surface area contributed by atoms with Gasteiger partial charge in [-0.1, -0.05) is 25.5 Å². The number of hydrogen-bond donors (Lipinski definition) is 3. The second kappa shape index (κ2) is 19.5. The number of aromatic nitrogens is 9. The molecule has 0 saturated carbocycles. The van der Waals surface area contributed by atoms with Gasteiger partial charge in [0.1, 0.15) is 50.7 Å². The summed E-state index contributed by atoms with van der Waals surface area (Å²) in [6, 6.07) is 11.0. The maximum Gasteiger partial charge on any atom is 0.410 e. The highest BCUT2D eigenvalue weighted by Gasteiger charge is 2.32. The molecule has 5 aromatic heterocycles. The Balaban J connectivity index is 0.000000223. The van der Waals surface area contributed by atoms with Gasteiger partial charge in [-0.3, -0.25) is 4.79 Å². The van der Waals surface area contributed by atoms with Crippen LogP contribution in [0.5, 0.6) is 0 Å². The molecule has 2 aliphatic rings. The van der Waals surface area contributed by atoms with Gasteiger partial charge in [0, 0.05) is 43.5 Å². The minimum Gasteiger partial charge on any atom is -0.444 e. The van der Waals surface area contributed by atoms with E-state index in [1.807, 2.05) is 75.2 Å². The molecule has 8 rings (SSSR count). The number of carbonyl (C=O) groups excluding carboxylic acids is 3. The smallest absolute Gasteiger partial charge is 0.410 e. The van der Waals surface area contributed by atoms with Crippen LogP contribution in [0.3, 0.4) is 0 Å². The fourth-order valence-electron chi connectivity index (χ4n) is 7.91. The van der Waals surface area contributed by atoms with Crippen LogP contribution in [-0.4, -0.2) is 110 Å². The summed E-state index contributed by atoms with van der Waals surface area (Å²) in [4.78, 5) is 62.9. The van der Waals surface area contributed by atoms with Crippen LogP contribution in [0, 0.1) is 3.70 Å². The largest absolute Gasteiger partial charge is 0.444 e. The van der Waals surface area contributed by atoms with E-state index < -0.39 is 11.2 Å². The number of ether oxygens (including phenoxy) is 2. The van der Waals surface area contributed by atoms with Crippen LogP contribution in [0.25, 0.3) is 33.3 Å². The molecule has 3 amide bonds. The predicted octanol–water partition coefficient (Wildman–Crippen LogP) is 7.83. The van der Waals surface area contributed by atoms with E-state index in [4.69, 9.17) is 26.0 Å². The molecule has 5 N–H and O–H groups in total. The summed E-state index contributed by atoms with van der Waals surface area (Å²) < 4.78 is 15.6. The molecule has 0 bridgehead atoms. The molecule has 0 spiro atoms. The first kappa shape index (κ1) is 46.8. The van der Waals surface area contributed by atoms with Gasteiger partial charge in [-0.2, -0.15) is 10.2 Å². The van der Waals surface area contributed by atoms with Crippen LogP contribution < -0.4 is 16.8 Å². The lowest BCUT2D eigenvalue weighted by molar-refractivity contribution is 0.0159. The zero-order chi connectivity index (χ0) is 46.6. The van der Waals surface area contributed by atoms with Crippen molar-refractivity contribution in [3.63, 3.8) is 0 Å². The zero-order valence-electron chi connectivity index (χ0n) is 37.9. The van der Waals surface area contributed by atoms with Gasteiger partial charge >= 0.3 is 12.2 Å². The quantitative estimate of drug-likeness (QED) is 0.129. The van der Waals surface area contributed by atoms with Gasteiger partial charge in [0.25, 0.3) is 5.91 Å². The molecule has 2 aliphatic heterocycles. The van der Waals surface area contributed by atoms with E-state index in [1.54, 1.807) is 28.1 Å². The van der Waals surface area contributed by atoms with Crippen LogP contribution in [-0.2, 0) is 15.9 Å². The fourth-order valence-corrected chi connectivity index (χ4v) is 8.66. The highest BCUT2D eigenvalue weighted by Crippen LogP contribution is 2.35. The van der Waals surface area contributed by atoms with E-state index >= 15 is 0 Å². The summed E-state index contributed by atoms with van der Waals surface area (Å²) in [7, 11) is 0. The van der Waals surface area contributed by atoms with Gasteiger partial charge in [0.2, 0.25) is 0 Å². The third-order valence-corrected chi connectivity index (χ3v) is 11.6. The molecule has 0 radical (unpaired) electrons. The minimum absolute atomic E-state index is 0.0478. The number of likely N-dealkylation sites (tertiary alicyclic amines) is 2. The molecular formula is C45H57IN14O5. The Morgan fingerprint density at radius 3 is 1.85 bits per heavy atom. The van der Waals surface area contributed by atoms with Crippen molar-refractivity contribution in [3.05, 3.63) is 70.1 Å². The van der Waals surface area contributed by atoms with E-state index in [2.05, 4.69) is 64.8 Å². The third kappa shape index (κ3) is 11.2.